The molecular formula is C39H24N2OS. The highest BCUT2D eigenvalue weighted by Crippen LogP contribution is 2.47. The Morgan fingerprint density at radius 2 is 1.63 bits per heavy atom. The molecule has 1 unspecified atom stereocenters. The summed E-state index contributed by atoms with van der Waals surface area (Å²) >= 11 is 1.86. The number of anilines is 1. The molecule has 0 saturated heterocycles. The zero-order chi connectivity index (χ0) is 28.2. The lowest BCUT2D eigenvalue weighted by atomic mass is 9.93. The minimum Gasteiger partial charge on any atom is -0.464 e. The number of hydrogen-bond acceptors (Lipinski definition) is 3. The molecule has 202 valence electrons. The normalized spacial score (nSPS) is 15.9. The van der Waals surface area contributed by atoms with E-state index in [1.54, 1.807) is 6.26 Å². The van der Waals surface area contributed by atoms with Crippen molar-refractivity contribution in [1.29, 1.82) is 0 Å². The number of benzene rings is 4. The second kappa shape index (κ2) is 8.37. The van der Waals surface area contributed by atoms with Gasteiger partial charge in [0.15, 0.2) is 0 Å². The molecular weight excluding hydrogens is 545 g/mol. The highest BCUT2D eigenvalue weighted by atomic mass is 32.1. The summed E-state index contributed by atoms with van der Waals surface area (Å²) in [5, 5.41) is 12.0. The maximum atomic E-state index is 6.39. The summed E-state index contributed by atoms with van der Waals surface area (Å²) in [7, 11) is 0. The molecule has 0 saturated carbocycles. The summed E-state index contributed by atoms with van der Waals surface area (Å²) in [6, 6.07) is 30.8. The van der Waals surface area contributed by atoms with Crippen LogP contribution >= 0.6 is 11.3 Å². The van der Waals surface area contributed by atoms with Crippen LogP contribution in [0.15, 0.2) is 125 Å². The number of thiophene rings is 1. The van der Waals surface area contributed by atoms with E-state index in [1.807, 2.05) is 29.5 Å². The van der Waals surface area contributed by atoms with E-state index >= 15 is 0 Å². The summed E-state index contributed by atoms with van der Waals surface area (Å²) in [6.45, 7) is 4.36. The van der Waals surface area contributed by atoms with Crippen LogP contribution in [0.3, 0.4) is 0 Å². The Labute approximate surface area is 250 Å². The summed E-state index contributed by atoms with van der Waals surface area (Å²) in [5.74, 6) is 1.13. The standard InChI is InChI=1S/C39H24N2OS/c1-22-8-6-7-17-42-38-26(22)14-15-33-36(38)31-21-25(23-13-16-35-28(18-23)27-10-3-5-12-34(27)43-35)20-29-30-19-24-9-2-4-11-32(24)40-39(30)41(33)37(29)31/h2-21,32,40H,1H2. The quantitative estimate of drug-likeness (QED) is 0.214. The van der Waals surface area contributed by atoms with Gasteiger partial charge in [-0.2, -0.15) is 0 Å². The Morgan fingerprint density at radius 3 is 2.60 bits per heavy atom. The molecule has 1 N–H and O–H groups in total. The molecule has 1 aliphatic carbocycles. The van der Waals surface area contributed by atoms with Gasteiger partial charge in [-0.3, -0.25) is 4.40 Å². The molecule has 0 spiro atoms. The first-order valence-electron chi connectivity index (χ1n) is 14.6. The number of fused-ring (bicyclic) bond motifs is 12. The molecule has 0 amide bonds. The highest BCUT2D eigenvalue weighted by Gasteiger charge is 2.28. The molecule has 2 aliphatic rings. The van der Waals surface area contributed by atoms with E-state index in [2.05, 4.69) is 113 Å². The Morgan fingerprint density at radius 1 is 0.767 bits per heavy atom. The number of nitrogens with zero attached hydrogens (tertiary/aromatic N) is 1. The molecule has 1 aliphatic heterocycles. The van der Waals surface area contributed by atoms with Crippen molar-refractivity contribution in [3.8, 4) is 11.1 Å². The maximum absolute atomic E-state index is 6.39. The number of aromatic nitrogens is 1. The largest absolute Gasteiger partial charge is 0.464 e. The Bertz CT molecular complexity index is 2680. The monoisotopic (exact) mass is 568 g/mol. The number of rotatable bonds is 1. The van der Waals surface area contributed by atoms with Crippen LogP contribution in [-0.2, 0) is 0 Å². The zero-order valence-corrected chi connectivity index (χ0v) is 23.9. The fourth-order valence-corrected chi connectivity index (χ4v) is 8.27. The average Bonchev–Trinajstić information content (AvgIpc) is 3.68. The predicted molar refractivity (Wildman–Crippen MR) is 184 cm³/mol. The van der Waals surface area contributed by atoms with Crippen LogP contribution < -0.4 is 10.5 Å². The van der Waals surface area contributed by atoms with Gasteiger partial charge in [0, 0.05) is 41.9 Å². The van der Waals surface area contributed by atoms with Gasteiger partial charge < -0.3 is 9.73 Å². The zero-order valence-electron chi connectivity index (χ0n) is 23.1. The van der Waals surface area contributed by atoms with Crippen molar-refractivity contribution >= 4 is 88.1 Å². The van der Waals surface area contributed by atoms with Crippen molar-refractivity contribution in [2.24, 2.45) is 0 Å². The van der Waals surface area contributed by atoms with Gasteiger partial charge in [-0.15, -0.1) is 11.3 Å². The molecule has 8 aromatic rings. The van der Waals surface area contributed by atoms with Crippen molar-refractivity contribution in [3.63, 3.8) is 0 Å². The van der Waals surface area contributed by atoms with Gasteiger partial charge in [-0.05, 0) is 76.5 Å². The van der Waals surface area contributed by atoms with Crippen molar-refractivity contribution < 1.29 is 4.42 Å². The van der Waals surface area contributed by atoms with Gasteiger partial charge in [0.05, 0.1) is 28.7 Å². The molecule has 0 radical (unpaired) electrons. The summed E-state index contributed by atoms with van der Waals surface area (Å²) in [4.78, 5) is 0. The third-order valence-electron chi connectivity index (χ3n) is 9.14. The second-order valence-electron chi connectivity index (χ2n) is 11.5. The van der Waals surface area contributed by atoms with E-state index in [0.29, 0.717) is 0 Å². The van der Waals surface area contributed by atoms with Crippen molar-refractivity contribution in [2.75, 3.05) is 5.32 Å². The van der Waals surface area contributed by atoms with E-state index in [0.717, 1.165) is 32.9 Å². The first-order chi connectivity index (χ1) is 21.2. The first-order valence-corrected chi connectivity index (χ1v) is 15.4. The van der Waals surface area contributed by atoms with E-state index in [4.69, 9.17) is 4.42 Å². The molecule has 4 heteroatoms. The summed E-state index contributed by atoms with van der Waals surface area (Å²) < 4.78 is 11.4. The Balaban J connectivity index is 1.37. The van der Waals surface area contributed by atoms with Crippen molar-refractivity contribution in [2.45, 2.75) is 6.04 Å². The molecule has 1 atom stereocenters. The van der Waals surface area contributed by atoms with Crippen molar-refractivity contribution in [1.82, 2.24) is 4.40 Å². The van der Waals surface area contributed by atoms with Gasteiger partial charge in [0.2, 0.25) is 0 Å². The van der Waals surface area contributed by atoms with Crippen LogP contribution in [0.5, 0.6) is 0 Å². The van der Waals surface area contributed by atoms with Crippen LogP contribution in [0, 0.1) is 0 Å². The average molecular weight is 569 g/mol. The molecule has 3 nitrogen and oxygen atoms in total. The highest BCUT2D eigenvalue weighted by molar-refractivity contribution is 7.25. The van der Waals surface area contributed by atoms with Gasteiger partial charge in [-0.1, -0.05) is 67.3 Å². The number of allylic oxidation sites excluding steroid dienone is 2. The molecule has 5 heterocycles. The number of hydrogen-bond donors (Lipinski definition) is 1. The summed E-state index contributed by atoms with van der Waals surface area (Å²) in [6.07, 6.45) is 12.8. The first kappa shape index (κ1) is 23.3. The van der Waals surface area contributed by atoms with E-state index in [-0.39, 0.29) is 6.04 Å². The van der Waals surface area contributed by atoms with E-state index in [9.17, 15) is 0 Å². The third-order valence-corrected chi connectivity index (χ3v) is 10.3. The van der Waals surface area contributed by atoms with Gasteiger partial charge in [0.1, 0.15) is 11.4 Å². The number of nitrogens with one attached hydrogen (secondary N) is 1. The van der Waals surface area contributed by atoms with E-state index < -0.39 is 0 Å². The molecule has 10 rings (SSSR count). The van der Waals surface area contributed by atoms with Crippen LogP contribution in [0.4, 0.5) is 5.82 Å². The third kappa shape index (κ3) is 3.13. The Kier molecular flexibility index (Phi) is 4.53. The minimum atomic E-state index is 0.146. The smallest absolute Gasteiger partial charge is 0.144 e. The van der Waals surface area contributed by atoms with Crippen LogP contribution in [-0.4, -0.2) is 10.4 Å². The van der Waals surface area contributed by atoms with E-state index in [1.165, 1.54) is 58.7 Å². The lowest BCUT2D eigenvalue weighted by Gasteiger charge is -2.25. The summed E-state index contributed by atoms with van der Waals surface area (Å²) in [5.41, 5.74) is 8.12. The fourth-order valence-electron chi connectivity index (χ4n) is 7.18. The van der Waals surface area contributed by atoms with Crippen LogP contribution in [0.1, 0.15) is 5.56 Å². The lowest BCUT2D eigenvalue weighted by Crippen LogP contribution is -2.24. The topological polar surface area (TPSA) is 29.6 Å². The van der Waals surface area contributed by atoms with Gasteiger partial charge >= 0.3 is 0 Å². The molecule has 43 heavy (non-hydrogen) atoms. The maximum Gasteiger partial charge on any atom is 0.144 e. The molecule has 4 aromatic carbocycles. The Hall–Kier alpha value is -5.32. The second-order valence-corrected chi connectivity index (χ2v) is 12.6. The van der Waals surface area contributed by atoms with Crippen LogP contribution in [0.25, 0.3) is 82.1 Å². The molecule has 0 fully saturated rings. The van der Waals surface area contributed by atoms with Gasteiger partial charge in [0.25, 0.3) is 0 Å². The van der Waals surface area contributed by atoms with Gasteiger partial charge in [-0.25, -0.2) is 0 Å². The fraction of sp³-hybridized carbons (Fsp3) is 0.0256. The SMILES string of the molecule is C=c1ccccoc2c1ccc1c2c2cc(-c3ccc4sc5ccccc5c4c3)cc3c4c(n1c32)NC1C=CC=CC1=C4. The lowest BCUT2D eigenvalue weighted by molar-refractivity contribution is 0.609. The molecule has 0 bridgehead atoms. The molecule has 4 aromatic heterocycles. The predicted octanol–water partition coefficient (Wildman–Crippen LogP) is 10.0. The van der Waals surface area contributed by atoms with Crippen molar-refractivity contribution in [3.05, 3.63) is 132 Å². The minimum absolute atomic E-state index is 0.146. The van der Waals surface area contributed by atoms with Crippen LogP contribution in [0.2, 0.25) is 0 Å².